The molecule has 4 rings (SSSR count). The summed E-state index contributed by atoms with van der Waals surface area (Å²) in [6.45, 7) is 4.57. The summed E-state index contributed by atoms with van der Waals surface area (Å²) >= 11 is 0. The molecule has 4 fully saturated rings. The summed E-state index contributed by atoms with van der Waals surface area (Å²) < 4.78 is 37.9. The minimum absolute atomic E-state index is 0.0125. The van der Waals surface area contributed by atoms with Gasteiger partial charge in [0, 0.05) is 38.6 Å². The van der Waals surface area contributed by atoms with Crippen LogP contribution in [0.1, 0.15) is 116 Å². The average Bonchev–Trinajstić information content (AvgIpc) is 3.32. The van der Waals surface area contributed by atoms with Crippen molar-refractivity contribution in [2.75, 3.05) is 19.8 Å². The number of hydrogen-bond acceptors (Lipinski definition) is 7. The summed E-state index contributed by atoms with van der Waals surface area (Å²) in [7, 11) is 0. The molecule has 3 unspecified atom stereocenters. The Bertz CT molecular complexity index is 752. The van der Waals surface area contributed by atoms with Crippen LogP contribution in [0.25, 0.3) is 0 Å². The first kappa shape index (κ1) is 32.8. The third-order valence-corrected chi connectivity index (χ3v) is 8.93. The van der Waals surface area contributed by atoms with Gasteiger partial charge in [0.1, 0.15) is 6.29 Å². The number of allylic oxidation sites excluding steroid dienone is 2. The summed E-state index contributed by atoms with van der Waals surface area (Å²) in [5.74, 6) is 0.425. The van der Waals surface area contributed by atoms with Gasteiger partial charge < -0.3 is 33.2 Å². The largest absolute Gasteiger partial charge is 0.353 e. The maximum Gasteiger partial charge on any atom is 0.158 e. The van der Waals surface area contributed by atoms with Gasteiger partial charge in [-0.25, -0.2) is 0 Å². The number of ether oxygens (including phenoxy) is 6. The Hall–Kier alpha value is -1.09. The molecule has 8 atom stereocenters. The zero-order valence-electron chi connectivity index (χ0n) is 25.5. The maximum atomic E-state index is 10.8. The van der Waals surface area contributed by atoms with Crippen molar-refractivity contribution in [1.82, 2.24) is 0 Å². The molecule has 234 valence electrons. The van der Waals surface area contributed by atoms with Crippen LogP contribution in [-0.2, 0) is 33.2 Å². The van der Waals surface area contributed by atoms with Crippen molar-refractivity contribution in [3.8, 4) is 0 Å². The predicted molar refractivity (Wildman–Crippen MR) is 159 cm³/mol. The number of rotatable bonds is 17. The van der Waals surface area contributed by atoms with Crippen LogP contribution < -0.4 is 0 Å². The molecule has 0 N–H and O–H groups in total. The van der Waals surface area contributed by atoms with Crippen LogP contribution in [0, 0.1) is 11.8 Å². The second-order valence-corrected chi connectivity index (χ2v) is 12.2. The van der Waals surface area contributed by atoms with Crippen molar-refractivity contribution >= 4 is 6.29 Å². The van der Waals surface area contributed by atoms with Crippen molar-refractivity contribution < 1.29 is 33.2 Å². The molecule has 7 heteroatoms. The standard InChI is InChI=1S/C34H56O7/c1-2-3-6-15-27(39-32-17-8-12-23-36-32)20-21-29-28(16-7-4-5-11-22-35)30(40-33-18-9-13-24-37-33)26-31(29)41-34-19-10-14-25-38-34/h4,7,20-22,27-34H,2-3,5-6,8-19,23-26H2,1H3/t27?,28-,29-,30+,31-,32+,33?,34?/m1/s1. The quantitative estimate of drug-likeness (QED) is 0.101. The Morgan fingerprint density at radius 3 is 2.05 bits per heavy atom. The van der Waals surface area contributed by atoms with E-state index in [1.807, 2.05) is 0 Å². The SMILES string of the molecule is CCCCCC(C=C[C@@H]1[C@@H](CC=CCCC=O)[C@@H](OC2CCCCO2)C[C@H]1OC1CCCCO1)O[C@H]1CCCCO1. The van der Waals surface area contributed by atoms with Gasteiger partial charge in [-0.15, -0.1) is 0 Å². The molecule has 0 bridgehead atoms. The molecular weight excluding hydrogens is 520 g/mol. The Morgan fingerprint density at radius 2 is 1.44 bits per heavy atom. The molecule has 4 aliphatic rings. The molecule has 0 aromatic carbocycles. The molecule has 0 amide bonds. The van der Waals surface area contributed by atoms with Gasteiger partial charge in [-0.3, -0.25) is 0 Å². The molecule has 3 aliphatic heterocycles. The summed E-state index contributed by atoms with van der Waals surface area (Å²) in [6, 6.07) is 0. The summed E-state index contributed by atoms with van der Waals surface area (Å²) in [4.78, 5) is 10.8. The lowest BCUT2D eigenvalue weighted by Gasteiger charge is -2.30. The van der Waals surface area contributed by atoms with Crippen LogP contribution in [0.3, 0.4) is 0 Å². The highest BCUT2D eigenvalue weighted by atomic mass is 16.7. The van der Waals surface area contributed by atoms with Gasteiger partial charge in [0.25, 0.3) is 0 Å². The maximum absolute atomic E-state index is 10.8. The predicted octanol–water partition coefficient (Wildman–Crippen LogP) is 7.42. The zero-order valence-corrected chi connectivity index (χ0v) is 25.5. The van der Waals surface area contributed by atoms with Crippen molar-refractivity contribution in [2.45, 2.75) is 153 Å². The molecule has 1 saturated carbocycles. The second-order valence-electron chi connectivity index (χ2n) is 12.2. The smallest absolute Gasteiger partial charge is 0.158 e. The lowest BCUT2D eigenvalue weighted by atomic mass is 9.89. The monoisotopic (exact) mass is 576 g/mol. The van der Waals surface area contributed by atoms with Gasteiger partial charge in [0.05, 0.1) is 18.3 Å². The van der Waals surface area contributed by atoms with E-state index in [-0.39, 0.29) is 49.0 Å². The number of aldehydes is 1. The molecule has 0 aromatic rings. The second kappa shape index (κ2) is 19.2. The van der Waals surface area contributed by atoms with Gasteiger partial charge in [0.2, 0.25) is 0 Å². The lowest BCUT2D eigenvalue weighted by molar-refractivity contribution is -0.203. The Labute approximate surface area is 248 Å². The van der Waals surface area contributed by atoms with E-state index in [4.69, 9.17) is 28.4 Å². The van der Waals surface area contributed by atoms with Gasteiger partial charge in [-0.1, -0.05) is 50.5 Å². The summed E-state index contributed by atoms with van der Waals surface area (Å²) in [5, 5.41) is 0. The summed E-state index contributed by atoms with van der Waals surface area (Å²) in [5.41, 5.74) is 0. The van der Waals surface area contributed by atoms with E-state index in [2.05, 4.69) is 31.2 Å². The van der Waals surface area contributed by atoms with Crippen LogP contribution in [0.5, 0.6) is 0 Å². The minimum atomic E-state index is -0.148. The highest BCUT2D eigenvalue weighted by molar-refractivity contribution is 5.49. The van der Waals surface area contributed by atoms with E-state index in [0.29, 0.717) is 6.42 Å². The topological polar surface area (TPSA) is 72.5 Å². The van der Waals surface area contributed by atoms with E-state index in [0.717, 1.165) is 116 Å². The fraction of sp³-hybridized carbons (Fsp3) is 0.853. The third kappa shape index (κ3) is 11.5. The molecule has 0 aromatic heterocycles. The lowest BCUT2D eigenvalue weighted by Crippen LogP contribution is -2.31. The zero-order chi connectivity index (χ0) is 28.5. The average molecular weight is 577 g/mol. The number of carbonyl (C=O) groups is 1. The Kier molecular flexibility index (Phi) is 15.4. The molecule has 3 heterocycles. The molecule has 0 radical (unpaired) electrons. The number of carbonyl (C=O) groups excluding carboxylic acids is 1. The van der Waals surface area contributed by atoms with Gasteiger partial charge in [-0.2, -0.15) is 0 Å². The third-order valence-electron chi connectivity index (χ3n) is 8.93. The fourth-order valence-electron chi connectivity index (χ4n) is 6.60. The van der Waals surface area contributed by atoms with E-state index in [1.54, 1.807) is 0 Å². The number of unbranched alkanes of at least 4 members (excludes halogenated alkanes) is 3. The van der Waals surface area contributed by atoms with Gasteiger partial charge in [0.15, 0.2) is 18.9 Å². The highest BCUT2D eigenvalue weighted by Gasteiger charge is 2.45. The van der Waals surface area contributed by atoms with Gasteiger partial charge >= 0.3 is 0 Å². The molecular formula is C34H56O7. The number of hydrogen-bond donors (Lipinski definition) is 0. The fourth-order valence-corrected chi connectivity index (χ4v) is 6.60. The minimum Gasteiger partial charge on any atom is -0.353 e. The van der Waals surface area contributed by atoms with Gasteiger partial charge in [-0.05, 0) is 83.0 Å². The first-order valence-electron chi connectivity index (χ1n) is 16.8. The molecule has 7 nitrogen and oxygen atoms in total. The van der Waals surface area contributed by atoms with E-state index >= 15 is 0 Å². The van der Waals surface area contributed by atoms with E-state index in [9.17, 15) is 4.79 Å². The van der Waals surface area contributed by atoms with E-state index in [1.165, 1.54) is 12.8 Å². The van der Waals surface area contributed by atoms with Crippen molar-refractivity contribution in [3.05, 3.63) is 24.3 Å². The first-order chi connectivity index (χ1) is 20.3. The molecule has 0 spiro atoms. The molecule has 41 heavy (non-hydrogen) atoms. The Morgan fingerprint density at radius 1 is 0.780 bits per heavy atom. The van der Waals surface area contributed by atoms with Crippen LogP contribution in [0.15, 0.2) is 24.3 Å². The molecule has 3 saturated heterocycles. The van der Waals surface area contributed by atoms with Crippen molar-refractivity contribution in [1.29, 1.82) is 0 Å². The van der Waals surface area contributed by atoms with Crippen LogP contribution >= 0.6 is 0 Å². The first-order valence-corrected chi connectivity index (χ1v) is 16.8. The molecule has 1 aliphatic carbocycles. The van der Waals surface area contributed by atoms with Crippen LogP contribution in [-0.4, -0.2) is 63.3 Å². The van der Waals surface area contributed by atoms with Crippen LogP contribution in [0.2, 0.25) is 0 Å². The summed E-state index contributed by atoms with van der Waals surface area (Å²) in [6.07, 6.45) is 26.9. The Balaban J connectivity index is 1.52. The highest BCUT2D eigenvalue weighted by Crippen LogP contribution is 2.42. The van der Waals surface area contributed by atoms with Crippen molar-refractivity contribution in [3.63, 3.8) is 0 Å². The van der Waals surface area contributed by atoms with Crippen LogP contribution in [0.4, 0.5) is 0 Å². The van der Waals surface area contributed by atoms with E-state index < -0.39 is 0 Å². The van der Waals surface area contributed by atoms with Crippen molar-refractivity contribution in [2.24, 2.45) is 11.8 Å². The normalized spacial score (nSPS) is 33.9.